The van der Waals surface area contributed by atoms with Gasteiger partial charge in [-0.05, 0) is 43.5 Å². The first-order valence-corrected chi connectivity index (χ1v) is 4.79. The molecule has 1 aromatic carbocycles. The molecule has 13 heavy (non-hydrogen) atoms. The number of hydrogen-bond donors (Lipinski definition) is 0. The number of ether oxygens (including phenoxy) is 1. The zero-order valence-electron chi connectivity index (χ0n) is 8.52. The number of hydrogen-bond acceptors (Lipinski definition) is 1. The highest BCUT2D eigenvalue weighted by Crippen LogP contribution is 2.29. The van der Waals surface area contributed by atoms with Gasteiger partial charge in [-0.15, -0.1) is 11.6 Å². The smallest absolute Gasteiger partial charge is 0.122 e. The highest BCUT2D eigenvalue weighted by Gasteiger charge is 2.08. The second-order valence-corrected chi connectivity index (χ2v) is 3.95. The van der Waals surface area contributed by atoms with Gasteiger partial charge >= 0.3 is 0 Å². The summed E-state index contributed by atoms with van der Waals surface area (Å²) in [4.78, 5) is 0. The summed E-state index contributed by atoms with van der Waals surface area (Å²) in [5.74, 6) is 0.929. The summed E-state index contributed by atoms with van der Waals surface area (Å²) >= 11 is 6.04. The summed E-state index contributed by atoms with van der Waals surface area (Å²) in [5, 5.41) is 0.0598. The Morgan fingerprint density at radius 2 is 1.85 bits per heavy atom. The first-order valence-electron chi connectivity index (χ1n) is 4.35. The van der Waals surface area contributed by atoms with Crippen molar-refractivity contribution in [1.82, 2.24) is 0 Å². The summed E-state index contributed by atoms with van der Waals surface area (Å²) < 4.78 is 5.22. The third-order valence-electron chi connectivity index (χ3n) is 2.21. The zero-order valence-corrected chi connectivity index (χ0v) is 9.27. The van der Waals surface area contributed by atoms with Crippen molar-refractivity contribution < 1.29 is 4.74 Å². The van der Waals surface area contributed by atoms with Crippen LogP contribution in [-0.4, -0.2) is 7.11 Å². The van der Waals surface area contributed by atoms with E-state index in [4.69, 9.17) is 16.3 Å². The van der Waals surface area contributed by atoms with E-state index < -0.39 is 0 Å². The maximum Gasteiger partial charge on any atom is 0.122 e. The summed E-state index contributed by atoms with van der Waals surface area (Å²) in [6.45, 7) is 6.06. The van der Waals surface area contributed by atoms with Crippen molar-refractivity contribution in [2.75, 3.05) is 7.11 Å². The lowest BCUT2D eigenvalue weighted by Gasteiger charge is -2.12. The first-order chi connectivity index (χ1) is 6.06. The van der Waals surface area contributed by atoms with Gasteiger partial charge in [0.1, 0.15) is 5.75 Å². The van der Waals surface area contributed by atoms with E-state index in [1.54, 1.807) is 7.11 Å². The van der Waals surface area contributed by atoms with E-state index in [1.165, 1.54) is 11.1 Å². The Balaban J connectivity index is 3.20. The molecular weight excluding hydrogens is 184 g/mol. The van der Waals surface area contributed by atoms with E-state index in [0.29, 0.717) is 0 Å². The van der Waals surface area contributed by atoms with Crippen LogP contribution in [0.3, 0.4) is 0 Å². The van der Waals surface area contributed by atoms with Gasteiger partial charge in [0.2, 0.25) is 0 Å². The number of aryl methyl sites for hydroxylation is 2. The third kappa shape index (κ3) is 2.16. The number of benzene rings is 1. The minimum atomic E-state index is 0.0598. The van der Waals surface area contributed by atoms with Crippen molar-refractivity contribution in [2.45, 2.75) is 26.1 Å². The predicted molar refractivity (Wildman–Crippen MR) is 56.7 cm³/mol. The first kappa shape index (κ1) is 10.4. The summed E-state index contributed by atoms with van der Waals surface area (Å²) in [6.07, 6.45) is 0. The van der Waals surface area contributed by atoms with Gasteiger partial charge in [-0.25, -0.2) is 0 Å². The lowest BCUT2D eigenvalue weighted by atomic mass is 10.0. The van der Waals surface area contributed by atoms with Gasteiger partial charge in [-0.1, -0.05) is 6.07 Å². The minimum absolute atomic E-state index is 0.0598. The SMILES string of the molecule is COc1cc(C)c(C(C)Cl)cc1C. The van der Waals surface area contributed by atoms with Crippen LogP contribution in [0.25, 0.3) is 0 Å². The lowest BCUT2D eigenvalue weighted by molar-refractivity contribution is 0.411. The number of rotatable bonds is 2. The number of alkyl halides is 1. The topological polar surface area (TPSA) is 9.23 Å². The van der Waals surface area contributed by atoms with Crippen molar-refractivity contribution in [3.05, 3.63) is 28.8 Å². The fourth-order valence-corrected chi connectivity index (χ4v) is 1.70. The molecule has 0 spiro atoms. The predicted octanol–water partition coefficient (Wildman–Crippen LogP) is 3.61. The molecule has 0 radical (unpaired) electrons. The minimum Gasteiger partial charge on any atom is -0.496 e. The number of halogens is 1. The van der Waals surface area contributed by atoms with E-state index in [2.05, 4.69) is 13.0 Å². The van der Waals surface area contributed by atoms with Gasteiger partial charge in [-0.3, -0.25) is 0 Å². The monoisotopic (exact) mass is 198 g/mol. The van der Waals surface area contributed by atoms with Crippen LogP contribution in [-0.2, 0) is 0 Å². The van der Waals surface area contributed by atoms with E-state index in [1.807, 2.05) is 19.9 Å². The largest absolute Gasteiger partial charge is 0.496 e. The molecule has 0 saturated carbocycles. The molecule has 1 aromatic rings. The quantitative estimate of drug-likeness (QED) is 0.660. The van der Waals surface area contributed by atoms with Gasteiger partial charge < -0.3 is 4.74 Å². The lowest BCUT2D eigenvalue weighted by Crippen LogP contribution is -1.94. The van der Waals surface area contributed by atoms with E-state index in [9.17, 15) is 0 Å². The van der Waals surface area contributed by atoms with E-state index >= 15 is 0 Å². The fourth-order valence-electron chi connectivity index (χ4n) is 1.46. The molecule has 1 unspecified atom stereocenters. The second-order valence-electron chi connectivity index (χ2n) is 3.29. The van der Waals surface area contributed by atoms with Crippen molar-refractivity contribution in [3.63, 3.8) is 0 Å². The highest BCUT2D eigenvalue weighted by molar-refractivity contribution is 6.20. The van der Waals surface area contributed by atoms with Crippen LogP contribution in [0.5, 0.6) is 5.75 Å². The van der Waals surface area contributed by atoms with Crippen LogP contribution in [0.2, 0.25) is 0 Å². The Labute approximate surface area is 84.7 Å². The van der Waals surface area contributed by atoms with E-state index in [-0.39, 0.29) is 5.38 Å². The van der Waals surface area contributed by atoms with Gasteiger partial charge in [0.15, 0.2) is 0 Å². The van der Waals surface area contributed by atoms with Crippen LogP contribution in [0.1, 0.15) is 29.0 Å². The van der Waals surface area contributed by atoms with Crippen LogP contribution < -0.4 is 4.74 Å². The third-order valence-corrected chi connectivity index (χ3v) is 2.45. The molecule has 0 N–H and O–H groups in total. The Morgan fingerprint density at radius 1 is 1.23 bits per heavy atom. The summed E-state index contributed by atoms with van der Waals surface area (Å²) in [7, 11) is 1.69. The van der Waals surface area contributed by atoms with Crippen molar-refractivity contribution in [1.29, 1.82) is 0 Å². The molecule has 0 saturated heterocycles. The Kier molecular flexibility index (Phi) is 3.21. The van der Waals surface area contributed by atoms with Crippen LogP contribution in [0.15, 0.2) is 12.1 Å². The Morgan fingerprint density at radius 3 is 2.31 bits per heavy atom. The molecule has 0 amide bonds. The number of methoxy groups -OCH3 is 1. The molecule has 0 aliphatic heterocycles. The average molecular weight is 199 g/mol. The van der Waals surface area contributed by atoms with Gasteiger partial charge in [-0.2, -0.15) is 0 Å². The van der Waals surface area contributed by atoms with Crippen molar-refractivity contribution >= 4 is 11.6 Å². The average Bonchev–Trinajstić information content (AvgIpc) is 2.07. The molecule has 0 aromatic heterocycles. The molecule has 1 nitrogen and oxygen atoms in total. The molecule has 0 aliphatic rings. The maximum absolute atomic E-state index is 6.04. The molecule has 0 fully saturated rings. The van der Waals surface area contributed by atoms with Gasteiger partial charge in [0.05, 0.1) is 12.5 Å². The molecule has 72 valence electrons. The maximum atomic E-state index is 6.04. The van der Waals surface area contributed by atoms with Gasteiger partial charge in [0, 0.05) is 0 Å². The zero-order chi connectivity index (χ0) is 10.0. The molecule has 0 bridgehead atoms. The van der Waals surface area contributed by atoms with E-state index in [0.717, 1.165) is 11.3 Å². The fraction of sp³-hybridized carbons (Fsp3) is 0.455. The molecule has 2 heteroatoms. The molecule has 0 aliphatic carbocycles. The van der Waals surface area contributed by atoms with Gasteiger partial charge in [0.25, 0.3) is 0 Å². The molecular formula is C11H15ClO. The second kappa shape index (κ2) is 4.01. The Hall–Kier alpha value is -0.690. The normalized spacial score (nSPS) is 12.7. The van der Waals surface area contributed by atoms with Crippen LogP contribution in [0.4, 0.5) is 0 Å². The Bertz CT molecular complexity index is 305. The van der Waals surface area contributed by atoms with Crippen LogP contribution in [0, 0.1) is 13.8 Å². The molecule has 1 rings (SSSR count). The molecule has 0 heterocycles. The highest BCUT2D eigenvalue weighted by atomic mass is 35.5. The summed E-state index contributed by atoms with van der Waals surface area (Å²) in [6, 6.07) is 4.12. The standard InChI is InChI=1S/C11H15ClO/c1-7-6-11(13-4)8(2)5-10(7)9(3)12/h5-6,9H,1-4H3. The van der Waals surface area contributed by atoms with Crippen molar-refractivity contribution in [2.24, 2.45) is 0 Å². The van der Waals surface area contributed by atoms with Crippen molar-refractivity contribution in [3.8, 4) is 5.75 Å². The van der Waals surface area contributed by atoms with Crippen LogP contribution >= 0.6 is 11.6 Å². The summed E-state index contributed by atoms with van der Waals surface area (Å²) in [5.41, 5.74) is 3.50. The molecule has 1 atom stereocenters.